The van der Waals surface area contributed by atoms with E-state index in [1.165, 1.54) is 30.6 Å². The summed E-state index contributed by atoms with van der Waals surface area (Å²) in [5.74, 6) is 1.16. The topological polar surface area (TPSA) is 49.4 Å². The molecular formula is C13H19BrN2O2S2. The van der Waals surface area contributed by atoms with Gasteiger partial charge >= 0.3 is 0 Å². The van der Waals surface area contributed by atoms with Gasteiger partial charge in [0.2, 0.25) is 10.0 Å². The molecular weight excluding hydrogens is 360 g/mol. The van der Waals surface area contributed by atoms with Gasteiger partial charge in [-0.3, -0.25) is 0 Å². The molecule has 2 aliphatic rings. The van der Waals surface area contributed by atoms with Crippen LogP contribution in [0.5, 0.6) is 0 Å². The smallest absolute Gasteiger partial charge is 0.245 e. The molecule has 1 saturated heterocycles. The number of rotatable bonds is 4. The van der Waals surface area contributed by atoms with E-state index in [2.05, 4.69) is 21.2 Å². The molecule has 1 aliphatic heterocycles. The highest BCUT2D eigenvalue weighted by molar-refractivity contribution is 9.11. The highest BCUT2D eigenvalue weighted by Crippen LogP contribution is 2.41. The molecule has 0 aromatic carbocycles. The van der Waals surface area contributed by atoms with Gasteiger partial charge in [-0.05, 0) is 53.7 Å². The van der Waals surface area contributed by atoms with E-state index in [4.69, 9.17) is 0 Å². The van der Waals surface area contributed by atoms with Gasteiger partial charge in [-0.2, -0.15) is 4.31 Å². The van der Waals surface area contributed by atoms with Crippen LogP contribution in [0.2, 0.25) is 0 Å². The molecule has 0 radical (unpaired) electrons. The van der Waals surface area contributed by atoms with Crippen molar-refractivity contribution in [2.75, 3.05) is 20.1 Å². The molecule has 0 bridgehead atoms. The summed E-state index contributed by atoms with van der Waals surface area (Å²) in [6, 6.07) is 1.80. The Labute approximate surface area is 132 Å². The number of hydrogen-bond donors (Lipinski definition) is 1. The minimum atomic E-state index is -3.34. The summed E-state index contributed by atoms with van der Waals surface area (Å²) in [6.07, 6.45) is 3.64. The van der Waals surface area contributed by atoms with Crippen LogP contribution in [0.4, 0.5) is 0 Å². The first-order valence-electron chi connectivity index (χ1n) is 6.95. The molecule has 1 N–H and O–H groups in total. The second-order valence-corrected chi connectivity index (χ2v) is 10.0. The number of nitrogens with one attached hydrogen (secondary N) is 1. The monoisotopic (exact) mass is 378 g/mol. The SMILES string of the molecule is CNCc1cc(S(=O)(=O)N2CC3CCCC3C2)c(Br)s1. The number of nitrogens with zero attached hydrogens (tertiary/aromatic N) is 1. The zero-order valence-corrected chi connectivity index (χ0v) is 14.7. The van der Waals surface area contributed by atoms with Crippen molar-refractivity contribution in [2.24, 2.45) is 11.8 Å². The number of halogens is 1. The largest absolute Gasteiger partial charge is 0.315 e. The molecule has 4 nitrogen and oxygen atoms in total. The third-order valence-electron chi connectivity index (χ3n) is 4.37. The van der Waals surface area contributed by atoms with Crippen molar-refractivity contribution in [3.8, 4) is 0 Å². The highest BCUT2D eigenvalue weighted by Gasteiger charge is 2.42. The van der Waals surface area contributed by atoms with Gasteiger partial charge in [0.1, 0.15) is 4.90 Å². The van der Waals surface area contributed by atoms with Gasteiger partial charge in [0.25, 0.3) is 0 Å². The first kappa shape index (κ1) is 15.0. The van der Waals surface area contributed by atoms with E-state index < -0.39 is 10.0 Å². The van der Waals surface area contributed by atoms with E-state index in [-0.39, 0.29) is 0 Å². The molecule has 112 valence electrons. The first-order chi connectivity index (χ1) is 9.52. The summed E-state index contributed by atoms with van der Waals surface area (Å²) < 4.78 is 28.0. The van der Waals surface area contributed by atoms with Crippen molar-refractivity contribution in [3.05, 3.63) is 14.7 Å². The Morgan fingerprint density at radius 1 is 1.40 bits per heavy atom. The summed E-state index contributed by atoms with van der Waals surface area (Å²) in [4.78, 5) is 1.48. The molecule has 3 rings (SSSR count). The van der Waals surface area contributed by atoms with Gasteiger partial charge in [0.05, 0.1) is 3.79 Å². The molecule has 1 aliphatic carbocycles. The molecule has 1 aromatic heterocycles. The quantitative estimate of drug-likeness (QED) is 0.875. The maximum Gasteiger partial charge on any atom is 0.245 e. The van der Waals surface area contributed by atoms with Gasteiger partial charge in [-0.25, -0.2) is 8.42 Å². The molecule has 1 saturated carbocycles. The predicted molar refractivity (Wildman–Crippen MR) is 84.4 cm³/mol. The van der Waals surface area contributed by atoms with Crippen LogP contribution >= 0.6 is 27.3 Å². The molecule has 2 fully saturated rings. The average Bonchev–Trinajstić information content (AvgIpc) is 3.02. The summed E-state index contributed by atoms with van der Waals surface area (Å²) in [5.41, 5.74) is 0. The van der Waals surface area contributed by atoms with E-state index >= 15 is 0 Å². The van der Waals surface area contributed by atoms with E-state index in [0.29, 0.717) is 36.4 Å². The zero-order valence-electron chi connectivity index (χ0n) is 11.4. The molecule has 0 amide bonds. The van der Waals surface area contributed by atoms with Crippen LogP contribution in [-0.2, 0) is 16.6 Å². The van der Waals surface area contributed by atoms with Crippen LogP contribution in [0.1, 0.15) is 24.1 Å². The minimum Gasteiger partial charge on any atom is -0.315 e. The number of sulfonamides is 1. The van der Waals surface area contributed by atoms with Crippen LogP contribution in [0.3, 0.4) is 0 Å². The third-order valence-corrected chi connectivity index (χ3v) is 8.45. The van der Waals surface area contributed by atoms with Crippen molar-refractivity contribution < 1.29 is 8.42 Å². The highest BCUT2D eigenvalue weighted by atomic mass is 79.9. The fourth-order valence-electron chi connectivity index (χ4n) is 3.36. The van der Waals surface area contributed by atoms with Crippen LogP contribution < -0.4 is 5.32 Å². The molecule has 1 aromatic rings. The lowest BCUT2D eigenvalue weighted by Crippen LogP contribution is -2.29. The fraction of sp³-hybridized carbons (Fsp3) is 0.692. The van der Waals surface area contributed by atoms with Crippen molar-refractivity contribution in [1.82, 2.24) is 9.62 Å². The first-order valence-corrected chi connectivity index (χ1v) is 10.0. The van der Waals surface area contributed by atoms with E-state index in [0.717, 1.165) is 8.66 Å². The van der Waals surface area contributed by atoms with Crippen molar-refractivity contribution in [3.63, 3.8) is 0 Å². The van der Waals surface area contributed by atoms with Gasteiger partial charge in [0.15, 0.2) is 0 Å². The van der Waals surface area contributed by atoms with Crippen LogP contribution in [0.15, 0.2) is 14.7 Å². The van der Waals surface area contributed by atoms with Crippen LogP contribution in [0.25, 0.3) is 0 Å². The van der Waals surface area contributed by atoms with Crippen molar-refractivity contribution in [1.29, 1.82) is 0 Å². The Hall–Kier alpha value is 0.0500. The zero-order chi connectivity index (χ0) is 14.3. The summed E-state index contributed by atoms with van der Waals surface area (Å²) in [7, 11) is -1.48. The Morgan fingerprint density at radius 3 is 2.65 bits per heavy atom. The summed E-state index contributed by atoms with van der Waals surface area (Å²) in [5, 5.41) is 3.06. The predicted octanol–water partition coefficient (Wildman–Crippen LogP) is 2.65. The van der Waals surface area contributed by atoms with Crippen LogP contribution in [0, 0.1) is 11.8 Å². The maximum atomic E-state index is 12.8. The average molecular weight is 379 g/mol. The minimum absolute atomic E-state index is 0.438. The summed E-state index contributed by atoms with van der Waals surface area (Å²) >= 11 is 4.91. The molecule has 2 atom stereocenters. The maximum absolute atomic E-state index is 12.8. The molecule has 2 unspecified atom stereocenters. The Balaban J connectivity index is 1.85. The van der Waals surface area contributed by atoms with Gasteiger partial charge in [-0.1, -0.05) is 6.42 Å². The summed E-state index contributed by atoms with van der Waals surface area (Å²) in [6.45, 7) is 2.11. The normalized spacial score (nSPS) is 27.1. The fourth-order valence-corrected chi connectivity index (χ4v) is 7.56. The number of thiophene rings is 1. The Morgan fingerprint density at radius 2 is 2.05 bits per heavy atom. The van der Waals surface area contributed by atoms with E-state index in [1.807, 2.05) is 7.05 Å². The Bertz CT molecular complexity index is 588. The van der Waals surface area contributed by atoms with Gasteiger partial charge in [-0.15, -0.1) is 11.3 Å². The van der Waals surface area contributed by atoms with Crippen molar-refractivity contribution >= 4 is 37.3 Å². The molecule has 20 heavy (non-hydrogen) atoms. The second kappa shape index (κ2) is 5.68. The van der Waals surface area contributed by atoms with Gasteiger partial charge in [0, 0.05) is 24.5 Å². The van der Waals surface area contributed by atoms with Crippen LogP contribution in [-0.4, -0.2) is 32.9 Å². The molecule has 2 heterocycles. The van der Waals surface area contributed by atoms with E-state index in [9.17, 15) is 8.42 Å². The van der Waals surface area contributed by atoms with Crippen molar-refractivity contribution in [2.45, 2.75) is 30.7 Å². The van der Waals surface area contributed by atoms with E-state index in [1.54, 1.807) is 10.4 Å². The second-order valence-electron chi connectivity index (χ2n) is 5.65. The lowest BCUT2D eigenvalue weighted by atomic mass is 10.0. The lowest BCUT2D eigenvalue weighted by molar-refractivity contribution is 0.445. The van der Waals surface area contributed by atoms with Gasteiger partial charge < -0.3 is 5.32 Å². The third kappa shape index (κ3) is 2.59. The standard InChI is InChI=1S/C13H19BrN2O2S2/c1-15-6-11-5-12(13(14)19-11)20(17,18)16-7-9-3-2-4-10(9)8-16/h5,9-10,15H,2-4,6-8H2,1H3. The Kier molecular flexibility index (Phi) is 4.25. The molecule has 0 spiro atoms. The lowest BCUT2D eigenvalue weighted by Gasteiger charge is -2.16. The number of fused-ring (bicyclic) bond motifs is 1. The molecule has 7 heteroatoms. The number of hydrogen-bond acceptors (Lipinski definition) is 4.